The molecular weight excluding hydrogens is 248 g/mol. The average Bonchev–Trinajstić information content (AvgIpc) is 2.75. The fourth-order valence-electron chi connectivity index (χ4n) is 2.01. The number of hydrogen-bond donors (Lipinski definition) is 2. The zero-order chi connectivity index (χ0) is 13.0. The van der Waals surface area contributed by atoms with E-state index in [0.29, 0.717) is 0 Å². The molecule has 5 nitrogen and oxygen atoms in total. The van der Waals surface area contributed by atoms with Crippen LogP contribution >= 0.6 is 11.8 Å². The van der Waals surface area contributed by atoms with Crippen LogP contribution in [0.25, 0.3) is 0 Å². The summed E-state index contributed by atoms with van der Waals surface area (Å²) in [5.41, 5.74) is 2.05. The fraction of sp³-hybridized carbons (Fsp3) is 0.667. The SMILES string of the molecule is Cc1cc(CC(C)NC(=O)N2CCSCC2)n[nH]1. The number of aromatic amines is 1. The summed E-state index contributed by atoms with van der Waals surface area (Å²) in [4.78, 5) is 13.9. The molecular formula is C12H20N4OS. The first-order valence-corrected chi connectivity index (χ1v) is 7.44. The van der Waals surface area contributed by atoms with Crippen molar-refractivity contribution in [3.8, 4) is 0 Å². The Kier molecular flexibility index (Phi) is 4.52. The van der Waals surface area contributed by atoms with Crippen LogP contribution in [0.4, 0.5) is 4.79 Å². The van der Waals surface area contributed by atoms with E-state index < -0.39 is 0 Å². The van der Waals surface area contributed by atoms with Gasteiger partial charge in [0.15, 0.2) is 0 Å². The highest BCUT2D eigenvalue weighted by Crippen LogP contribution is 2.09. The Balaban J connectivity index is 1.79. The molecule has 0 saturated carbocycles. The van der Waals surface area contributed by atoms with Gasteiger partial charge in [-0.15, -0.1) is 0 Å². The van der Waals surface area contributed by atoms with Crippen LogP contribution in [0.1, 0.15) is 18.3 Å². The third kappa shape index (κ3) is 3.66. The topological polar surface area (TPSA) is 61.0 Å². The summed E-state index contributed by atoms with van der Waals surface area (Å²) in [6.07, 6.45) is 0.763. The van der Waals surface area contributed by atoms with Crippen molar-refractivity contribution in [2.75, 3.05) is 24.6 Å². The average molecular weight is 268 g/mol. The summed E-state index contributed by atoms with van der Waals surface area (Å²) >= 11 is 1.90. The zero-order valence-electron chi connectivity index (χ0n) is 10.9. The third-order valence-electron chi connectivity index (χ3n) is 2.94. The molecule has 100 valence electrons. The van der Waals surface area contributed by atoms with Gasteiger partial charge in [0.1, 0.15) is 0 Å². The fourth-order valence-corrected chi connectivity index (χ4v) is 2.92. The highest BCUT2D eigenvalue weighted by molar-refractivity contribution is 7.99. The van der Waals surface area contributed by atoms with E-state index >= 15 is 0 Å². The molecule has 1 saturated heterocycles. The van der Waals surface area contributed by atoms with Crippen LogP contribution in [0.15, 0.2) is 6.07 Å². The second-order valence-corrected chi connectivity index (χ2v) is 5.92. The number of rotatable bonds is 3. The number of nitrogens with one attached hydrogen (secondary N) is 2. The monoisotopic (exact) mass is 268 g/mol. The van der Waals surface area contributed by atoms with Crippen molar-refractivity contribution < 1.29 is 4.79 Å². The number of aromatic nitrogens is 2. The Bertz CT molecular complexity index is 401. The molecule has 18 heavy (non-hydrogen) atoms. The molecule has 1 aromatic rings. The number of urea groups is 1. The van der Waals surface area contributed by atoms with Crippen molar-refractivity contribution >= 4 is 17.8 Å². The predicted octanol–water partition coefficient (Wildman–Crippen LogP) is 1.41. The van der Waals surface area contributed by atoms with E-state index in [1.165, 1.54) is 0 Å². The molecule has 1 fully saturated rings. The summed E-state index contributed by atoms with van der Waals surface area (Å²) in [6.45, 7) is 5.70. The summed E-state index contributed by atoms with van der Waals surface area (Å²) < 4.78 is 0. The third-order valence-corrected chi connectivity index (χ3v) is 3.88. The number of amides is 2. The largest absolute Gasteiger partial charge is 0.335 e. The molecule has 1 atom stereocenters. The van der Waals surface area contributed by atoms with Gasteiger partial charge in [-0.1, -0.05) is 0 Å². The molecule has 2 amide bonds. The summed E-state index contributed by atoms with van der Waals surface area (Å²) in [5, 5.41) is 10.1. The van der Waals surface area contributed by atoms with Gasteiger partial charge >= 0.3 is 6.03 Å². The second-order valence-electron chi connectivity index (χ2n) is 4.70. The Labute approximate surface area is 112 Å². The van der Waals surface area contributed by atoms with Crippen molar-refractivity contribution in [2.45, 2.75) is 26.3 Å². The van der Waals surface area contributed by atoms with Crippen LogP contribution in [-0.4, -0.2) is 51.8 Å². The molecule has 2 rings (SSSR count). The lowest BCUT2D eigenvalue weighted by atomic mass is 10.2. The first-order valence-electron chi connectivity index (χ1n) is 6.29. The minimum Gasteiger partial charge on any atom is -0.335 e. The quantitative estimate of drug-likeness (QED) is 0.871. The van der Waals surface area contributed by atoms with Gasteiger partial charge in [0.05, 0.1) is 5.69 Å². The molecule has 1 unspecified atom stereocenters. The maximum Gasteiger partial charge on any atom is 0.317 e. The van der Waals surface area contributed by atoms with Crippen LogP contribution in [0.2, 0.25) is 0 Å². The Hall–Kier alpha value is -1.17. The normalized spacial score (nSPS) is 17.6. The minimum atomic E-state index is 0.0510. The molecule has 1 aliphatic heterocycles. The van der Waals surface area contributed by atoms with Crippen LogP contribution < -0.4 is 5.32 Å². The lowest BCUT2D eigenvalue weighted by molar-refractivity contribution is 0.199. The molecule has 0 aromatic carbocycles. The van der Waals surface area contributed by atoms with Crippen molar-refractivity contribution in [3.05, 3.63) is 17.5 Å². The van der Waals surface area contributed by atoms with Gasteiger partial charge in [0, 0.05) is 42.8 Å². The van der Waals surface area contributed by atoms with Crippen LogP contribution in [0.3, 0.4) is 0 Å². The maximum absolute atomic E-state index is 12.0. The van der Waals surface area contributed by atoms with E-state index in [9.17, 15) is 4.79 Å². The van der Waals surface area contributed by atoms with E-state index in [-0.39, 0.29) is 12.1 Å². The standard InChI is InChI=1S/C12H20N4OS/c1-9(7-11-8-10(2)14-15-11)13-12(17)16-3-5-18-6-4-16/h8-9H,3-7H2,1-2H3,(H,13,17)(H,14,15). The van der Waals surface area contributed by atoms with Crippen molar-refractivity contribution in [1.82, 2.24) is 20.4 Å². The number of hydrogen-bond acceptors (Lipinski definition) is 3. The van der Waals surface area contributed by atoms with Crippen LogP contribution in [0, 0.1) is 6.92 Å². The Morgan fingerprint density at radius 1 is 1.61 bits per heavy atom. The summed E-state index contributed by atoms with van der Waals surface area (Å²) in [7, 11) is 0. The summed E-state index contributed by atoms with van der Waals surface area (Å²) in [6, 6.07) is 2.17. The number of aryl methyl sites for hydroxylation is 1. The second kappa shape index (κ2) is 6.13. The molecule has 6 heteroatoms. The van der Waals surface area contributed by atoms with Crippen LogP contribution in [0.5, 0.6) is 0 Å². The molecule has 0 bridgehead atoms. The number of H-pyrrole nitrogens is 1. The number of thioether (sulfide) groups is 1. The van der Waals surface area contributed by atoms with E-state index in [0.717, 1.165) is 42.4 Å². The van der Waals surface area contributed by atoms with Crippen molar-refractivity contribution in [1.29, 1.82) is 0 Å². The van der Waals surface area contributed by atoms with Gasteiger partial charge in [-0.05, 0) is 19.9 Å². The van der Waals surface area contributed by atoms with Gasteiger partial charge in [0.2, 0.25) is 0 Å². The van der Waals surface area contributed by atoms with Gasteiger partial charge in [-0.2, -0.15) is 16.9 Å². The molecule has 0 radical (unpaired) electrons. The van der Waals surface area contributed by atoms with E-state index in [1.807, 2.05) is 36.6 Å². The number of carbonyl (C=O) groups is 1. The number of carbonyl (C=O) groups excluding carboxylic acids is 1. The molecule has 2 heterocycles. The van der Waals surface area contributed by atoms with Gasteiger partial charge in [0.25, 0.3) is 0 Å². The highest BCUT2D eigenvalue weighted by Gasteiger charge is 2.18. The van der Waals surface area contributed by atoms with E-state index in [4.69, 9.17) is 0 Å². The molecule has 2 N–H and O–H groups in total. The van der Waals surface area contributed by atoms with Gasteiger partial charge in [-0.3, -0.25) is 5.10 Å². The van der Waals surface area contributed by atoms with E-state index in [1.54, 1.807) is 0 Å². The van der Waals surface area contributed by atoms with Gasteiger partial charge in [-0.25, -0.2) is 4.79 Å². The predicted molar refractivity (Wildman–Crippen MR) is 73.9 cm³/mol. The lowest BCUT2D eigenvalue weighted by Gasteiger charge is -2.28. The first-order chi connectivity index (χ1) is 8.65. The van der Waals surface area contributed by atoms with Crippen molar-refractivity contribution in [2.24, 2.45) is 0 Å². The first kappa shape index (κ1) is 13.3. The molecule has 0 aliphatic carbocycles. The van der Waals surface area contributed by atoms with Crippen LogP contribution in [-0.2, 0) is 6.42 Å². The van der Waals surface area contributed by atoms with E-state index in [2.05, 4.69) is 15.5 Å². The molecule has 0 spiro atoms. The highest BCUT2D eigenvalue weighted by atomic mass is 32.2. The minimum absolute atomic E-state index is 0.0510. The Morgan fingerprint density at radius 2 is 2.33 bits per heavy atom. The number of nitrogens with zero attached hydrogens (tertiary/aromatic N) is 2. The summed E-state index contributed by atoms with van der Waals surface area (Å²) in [5.74, 6) is 2.08. The molecule has 1 aliphatic rings. The van der Waals surface area contributed by atoms with Gasteiger partial charge < -0.3 is 10.2 Å². The Morgan fingerprint density at radius 3 is 2.94 bits per heavy atom. The van der Waals surface area contributed by atoms with Crippen molar-refractivity contribution in [3.63, 3.8) is 0 Å². The smallest absolute Gasteiger partial charge is 0.317 e. The maximum atomic E-state index is 12.0. The zero-order valence-corrected chi connectivity index (χ0v) is 11.7. The lowest BCUT2D eigenvalue weighted by Crippen LogP contribution is -2.47. The molecule has 1 aromatic heterocycles.